The van der Waals surface area contributed by atoms with Gasteiger partial charge < -0.3 is 10.1 Å². The van der Waals surface area contributed by atoms with Gasteiger partial charge >= 0.3 is 0 Å². The summed E-state index contributed by atoms with van der Waals surface area (Å²) in [7, 11) is 0. The Morgan fingerprint density at radius 1 is 1.35 bits per heavy atom. The van der Waals surface area contributed by atoms with Crippen molar-refractivity contribution in [2.45, 2.75) is 39.7 Å². The second-order valence-corrected chi connectivity index (χ2v) is 4.92. The van der Waals surface area contributed by atoms with E-state index in [0.717, 1.165) is 24.3 Å². The van der Waals surface area contributed by atoms with Crippen LogP contribution in [0.1, 0.15) is 32.8 Å². The van der Waals surface area contributed by atoms with Crippen LogP contribution in [0.25, 0.3) is 0 Å². The number of hydrogen-bond donors (Lipinski definition) is 1. The van der Waals surface area contributed by atoms with Crippen molar-refractivity contribution >= 4 is 0 Å². The minimum atomic E-state index is -0.222. The van der Waals surface area contributed by atoms with Crippen molar-refractivity contribution in [3.8, 4) is 5.75 Å². The zero-order valence-electron chi connectivity index (χ0n) is 11.1. The Morgan fingerprint density at radius 2 is 2.06 bits per heavy atom. The standard InChI is InChI=1S/C14H22FNO/c1-5-14(3,4)16-8-9-17-13-7-6-12(15)10-11(13)2/h6-7,10,16H,5,8-9H2,1-4H3. The van der Waals surface area contributed by atoms with Crippen LogP contribution in [0.15, 0.2) is 18.2 Å². The molecule has 0 bridgehead atoms. The lowest BCUT2D eigenvalue weighted by Gasteiger charge is -2.24. The van der Waals surface area contributed by atoms with Gasteiger partial charge in [0.15, 0.2) is 0 Å². The predicted octanol–water partition coefficient (Wildman–Crippen LogP) is 3.29. The molecule has 0 aromatic heterocycles. The Labute approximate surface area is 103 Å². The third-order valence-electron chi connectivity index (χ3n) is 2.98. The van der Waals surface area contributed by atoms with Gasteiger partial charge in [-0.3, -0.25) is 0 Å². The maximum Gasteiger partial charge on any atom is 0.123 e. The van der Waals surface area contributed by atoms with Gasteiger partial charge in [0.25, 0.3) is 0 Å². The lowest BCUT2D eigenvalue weighted by molar-refractivity contribution is 0.279. The molecule has 1 aromatic rings. The van der Waals surface area contributed by atoms with E-state index < -0.39 is 0 Å². The summed E-state index contributed by atoms with van der Waals surface area (Å²) < 4.78 is 18.5. The second-order valence-electron chi connectivity index (χ2n) is 4.92. The van der Waals surface area contributed by atoms with E-state index in [2.05, 4.69) is 26.1 Å². The molecule has 2 nitrogen and oxygen atoms in total. The average molecular weight is 239 g/mol. The first-order valence-electron chi connectivity index (χ1n) is 6.08. The Hall–Kier alpha value is -1.09. The van der Waals surface area contributed by atoms with Crippen LogP contribution in [-0.4, -0.2) is 18.7 Å². The number of benzene rings is 1. The van der Waals surface area contributed by atoms with E-state index >= 15 is 0 Å². The molecule has 0 amide bonds. The molecule has 1 rings (SSSR count). The van der Waals surface area contributed by atoms with Crippen molar-refractivity contribution in [1.82, 2.24) is 5.32 Å². The highest BCUT2D eigenvalue weighted by Gasteiger charge is 2.12. The predicted molar refractivity (Wildman–Crippen MR) is 69.0 cm³/mol. The lowest BCUT2D eigenvalue weighted by atomic mass is 10.0. The summed E-state index contributed by atoms with van der Waals surface area (Å²) in [6.07, 6.45) is 1.07. The van der Waals surface area contributed by atoms with E-state index in [9.17, 15) is 4.39 Å². The lowest BCUT2D eigenvalue weighted by Crippen LogP contribution is -2.40. The van der Waals surface area contributed by atoms with Crippen LogP contribution >= 0.6 is 0 Å². The average Bonchev–Trinajstić information content (AvgIpc) is 2.27. The molecule has 0 aliphatic rings. The fourth-order valence-corrected chi connectivity index (χ4v) is 1.45. The van der Waals surface area contributed by atoms with Gasteiger partial charge in [0.2, 0.25) is 0 Å². The summed E-state index contributed by atoms with van der Waals surface area (Å²) in [5.74, 6) is 0.530. The first kappa shape index (κ1) is 14.0. The van der Waals surface area contributed by atoms with Crippen molar-refractivity contribution in [2.75, 3.05) is 13.2 Å². The Morgan fingerprint density at radius 3 is 2.65 bits per heavy atom. The number of nitrogens with one attached hydrogen (secondary N) is 1. The van der Waals surface area contributed by atoms with Gasteiger partial charge in [-0.15, -0.1) is 0 Å². The zero-order valence-corrected chi connectivity index (χ0v) is 11.1. The number of aryl methyl sites for hydroxylation is 1. The molecule has 0 fully saturated rings. The minimum Gasteiger partial charge on any atom is -0.492 e. The van der Waals surface area contributed by atoms with E-state index in [4.69, 9.17) is 4.74 Å². The largest absolute Gasteiger partial charge is 0.492 e. The van der Waals surface area contributed by atoms with Crippen LogP contribution in [0.2, 0.25) is 0 Å². The summed E-state index contributed by atoms with van der Waals surface area (Å²) in [6, 6.07) is 4.58. The third-order valence-corrected chi connectivity index (χ3v) is 2.98. The summed E-state index contributed by atoms with van der Waals surface area (Å²) in [5.41, 5.74) is 0.973. The first-order valence-corrected chi connectivity index (χ1v) is 6.08. The SMILES string of the molecule is CCC(C)(C)NCCOc1ccc(F)cc1C. The van der Waals surface area contributed by atoms with E-state index in [1.807, 2.05) is 6.92 Å². The molecule has 96 valence electrons. The Balaban J connectivity index is 2.36. The Kier molecular flexibility index (Phi) is 4.94. The molecular formula is C14H22FNO. The summed E-state index contributed by atoms with van der Waals surface area (Å²) in [5, 5.41) is 3.41. The van der Waals surface area contributed by atoms with Crippen LogP contribution in [0, 0.1) is 12.7 Å². The number of ether oxygens (including phenoxy) is 1. The molecule has 0 saturated heterocycles. The molecule has 0 aliphatic heterocycles. The van der Waals surface area contributed by atoms with Crippen LogP contribution < -0.4 is 10.1 Å². The van der Waals surface area contributed by atoms with Gasteiger partial charge in [-0.05, 0) is 51.0 Å². The van der Waals surface area contributed by atoms with Gasteiger partial charge in [0.05, 0.1) is 0 Å². The molecule has 0 heterocycles. The molecular weight excluding hydrogens is 217 g/mol. The van der Waals surface area contributed by atoms with Crippen molar-refractivity contribution in [3.63, 3.8) is 0 Å². The number of hydrogen-bond acceptors (Lipinski definition) is 2. The zero-order chi connectivity index (χ0) is 12.9. The third kappa shape index (κ3) is 4.73. The quantitative estimate of drug-likeness (QED) is 0.769. The highest BCUT2D eigenvalue weighted by atomic mass is 19.1. The van der Waals surface area contributed by atoms with Crippen molar-refractivity contribution in [2.24, 2.45) is 0 Å². The van der Waals surface area contributed by atoms with Crippen molar-refractivity contribution in [1.29, 1.82) is 0 Å². The van der Waals surface area contributed by atoms with E-state index in [0.29, 0.717) is 6.61 Å². The van der Waals surface area contributed by atoms with E-state index in [1.165, 1.54) is 12.1 Å². The molecule has 0 atom stereocenters. The van der Waals surface area contributed by atoms with Gasteiger partial charge in [0.1, 0.15) is 18.2 Å². The van der Waals surface area contributed by atoms with E-state index in [-0.39, 0.29) is 11.4 Å². The summed E-state index contributed by atoms with van der Waals surface area (Å²) in [6.45, 7) is 9.71. The monoisotopic (exact) mass is 239 g/mol. The molecule has 0 unspecified atom stereocenters. The van der Waals surface area contributed by atoms with Gasteiger partial charge in [-0.2, -0.15) is 0 Å². The highest BCUT2D eigenvalue weighted by molar-refractivity contribution is 5.32. The molecule has 0 aliphatic carbocycles. The maximum atomic E-state index is 12.9. The Bertz CT molecular complexity index is 363. The van der Waals surface area contributed by atoms with Crippen LogP contribution in [-0.2, 0) is 0 Å². The van der Waals surface area contributed by atoms with Crippen molar-refractivity contribution in [3.05, 3.63) is 29.6 Å². The van der Waals surface area contributed by atoms with Crippen molar-refractivity contribution < 1.29 is 9.13 Å². The fraction of sp³-hybridized carbons (Fsp3) is 0.571. The van der Waals surface area contributed by atoms with Gasteiger partial charge in [0, 0.05) is 12.1 Å². The molecule has 0 spiro atoms. The van der Waals surface area contributed by atoms with Crippen LogP contribution in [0.3, 0.4) is 0 Å². The smallest absolute Gasteiger partial charge is 0.123 e. The minimum absolute atomic E-state index is 0.140. The van der Waals surface area contributed by atoms with Crippen LogP contribution in [0.5, 0.6) is 5.75 Å². The normalized spacial score (nSPS) is 11.6. The van der Waals surface area contributed by atoms with E-state index in [1.54, 1.807) is 6.07 Å². The first-order chi connectivity index (χ1) is 7.94. The van der Waals surface area contributed by atoms with Gasteiger partial charge in [-0.1, -0.05) is 6.92 Å². The summed E-state index contributed by atoms with van der Waals surface area (Å²) >= 11 is 0. The number of rotatable bonds is 6. The second kappa shape index (κ2) is 6.01. The molecule has 1 aromatic carbocycles. The van der Waals surface area contributed by atoms with Crippen LogP contribution in [0.4, 0.5) is 4.39 Å². The molecule has 1 N–H and O–H groups in total. The maximum absolute atomic E-state index is 12.9. The van der Waals surface area contributed by atoms with Gasteiger partial charge in [-0.25, -0.2) is 4.39 Å². The molecule has 3 heteroatoms. The fourth-order valence-electron chi connectivity index (χ4n) is 1.45. The molecule has 0 saturated carbocycles. The molecule has 0 radical (unpaired) electrons. The summed E-state index contributed by atoms with van der Waals surface area (Å²) in [4.78, 5) is 0. The number of halogens is 1. The molecule has 17 heavy (non-hydrogen) atoms. The topological polar surface area (TPSA) is 21.3 Å². The highest BCUT2D eigenvalue weighted by Crippen LogP contribution is 2.18.